The van der Waals surface area contributed by atoms with Crippen molar-refractivity contribution in [3.63, 3.8) is 0 Å². The normalized spacial score (nSPS) is 18.2. The van der Waals surface area contributed by atoms with E-state index in [4.69, 9.17) is 38.3 Å². The Morgan fingerprint density at radius 1 is 0.754 bits per heavy atom. The van der Waals surface area contributed by atoms with Crippen LogP contribution in [0.2, 0.25) is 0 Å². The van der Waals surface area contributed by atoms with E-state index in [1.165, 1.54) is 12.1 Å². The molecule has 22 heteroatoms. The standard InChI is InChI=1S/C47H72N2O17S3/c1-6-48(17-9-33-68(54,55)56)37-12-14-40-41(46(2,3)4)35-38(66-44(40)34-37)10-7-11-45-47(5,16-8-32-67(51,52)53)42-36-39(69(57,58)59)13-15-43(42)49(45)18-20-60-22-24-62-26-28-64-30-31-65-29-27-63-25-23-61-21-19-50/h7,10-15,34-36,38,50H,6,8-9,16-33H2,1-5H3,(H,51,52,53)(H,54,55,56)(H,57,58,59)/b10-7+,45-11+. The molecule has 0 bridgehead atoms. The van der Waals surface area contributed by atoms with E-state index in [1.807, 2.05) is 66.2 Å². The third-order valence-corrected chi connectivity index (χ3v) is 13.9. The molecule has 0 amide bonds. The van der Waals surface area contributed by atoms with E-state index in [-0.39, 0.29) is 61.8 Å². The number of fused-ring (bicyclic) bond motifs is 2. The number of ether oxygens (including phenoxy) is 7. The molecule has 4 N–H and O–H groups in total. The summed E-state index contributed by atoms with van der Waals surface area (Å²) in [6, 6.07) is 10.2. The Kier molecular flexibility index (Phi) is 23.0. The van der Waals surface area contributed by atoms with Gasteiger partial charge in [0.2, 0.25) is 0 Å². The van der Waals surface area contributed by atoms with Crippen molar-refractivity contribution >= 4 is 47.3 Å². The van der Waals surface area contributed by atoms with Crippen LogP contribution in [-0.4, -0.2) is 167 Å². The largest absolute Gasteiger partial charge is 0.482 e. The predicted molar refractivity (Wildman–Crippen MR) is 263 cm³/mol. The zero-order valence-corrected chi connectivity index (χ0v) is 42.9. The number of aliphatic hydroxyl groups excluding tert-OH is 1. The molecule has 0 saturated heterocycles. The molecule has 2 aliphatic heterocycles. The molecule has 0 spiro atoms. The molecule has 0 radical (unpaired) electrons. The Morgan fingerprint density at radius 2 is 1.30 bits per heavy atom. The summed E-state index contributed by atoms with van der Waals surface area (Å²) in [6.07, 6.45) is 7.55. The minimum atomic E-state index is -4.61. The molecule has 2 atom stereocenters. The molecule has 4 rings (SSSR count). The highest BCUT2D eigenvalue weighted by molar-refractivity contribution is 7.86. The number of benzene rings is 2. The van der Waals surface area contributed by atoms with Crippen molar-refractivity contribution in [2.75, 3.05) is 127 Å². The maximum absolute atomic E-state index is 12.4. The molecule has 19 nitrogen and oxygen atoms in total. The van der Waals surface area contributed by atoms with Crippen LogP contribution in [-0.2, 0) is 64.2 Å². The van der Waals surface area contributed by atoms with Gasteiger partial charge in [-0.2, -0.15) is 25.3 Å². The topological polar surface area (TPSA) is 254 Å². The zero-order chi connectivity index (χ0) is 50.7. The van der Waals surface area contributed by atoms with Crippen LogP contribution in [0.25, 0.3) is 5.57 Å². The van der Waals surface area contributed by atoms with Gasteiger partial charge < -0.3 is 48.1 Å². The van der Waals surface area contributed by atoms with Gasteiger partial charge >= 0.3 is 0 Å². The van der Waals surface area contributed by atoms with Gasteiger partial charge in [0.15, 0.2) is 0 Å². The van der Waals surface area contributed by atoms with E-state index in [1.54, 1.807) is 6.07 Å². The fourth-order valence-corrected chi connectivity index (χ4v) is 9.61. The van der Waals surface area contributed by atoms with Crippen molar-refractivity contribution in [1.82, 2.24) is 0 Å². The monoisotopic (exact) mass is 1030 g/mol. The van der Waals surface area contributed by atoms with Crippen molar-refractivity contribution in [1.29, 1.82) is 0 Å². The second kappa shape index (κ2) is 27.4. The van der Waals surface area contributed by atoms with E-state index in [0.29, 0.717) is 102 Å². The first-order chi connectivity index (χ1) is 32.6. The van der Waals surface area contributed by atoms with Crippen molar-refractivity contribution in [3.8, 4) is 5.75 Å². The number of aliphatic hydroxyl groups is 1. The summed E-state index contributed by atoms with van der Waals surface area (Å²) in [6.45, 7) is 15.7. The van der Waals surface area contributed by atoms with E-state index >= 15 is 0 Å². The summed E-state index contributed by atoms with van der Waals surface area (Å²) in [5, 5.41) is 8.69. The average molecular weight is 1030 g/mol. The van der Waals surface area contributed by atoms with Crippen LogP contribution in [0.3, 0.4) is 0 Å². The first-order valence-corrected chi connectivity index (χ1v) is 27.8. The maximum Gasteiger partial charge on any atom is 0.294 e. The number of allylic oxidation sites excluding steroid dienone is 4. The molecule has 2 unspecified atom stereocenters. The van der Waals surface area contributed by atoms with Crippen LogP contribution in [0.5, 0.6) is 5.75 Å². The molecule has 2 aliphatic rings. The predicted octanol–water partition coefficient (Wildman–Crippen LogP) is 5.21. The summed E-state index contributed by atoms with van der Waals surface area (Å²) in [5.74, 6) is -0.239. The molecule has 0 saturated carbocycles. The molecule has 2 heterocycles. The van der Waals surface area contributed by atoms with Gasteiger partial charge in [0.1, 0.15) is 11.9 Å². The second-order valence-electron chi connectivity index (χ2n) is 17.7. The highest BCUT2D eigenvalue weighted by atomic mass is 32.2. The first-order valence-electron chi connectivity index (χ1n) is 23.1. The molecule has 2 aromatic carbocycles. The van der Waals surface area contributed by atoms with Gasteiger partial charge in [0, 0.05) is 53.8 Å². The van der Waals surface area contributed by atoms with Crippen molar-refractivity contribution in [2.24, 2.45) is 5.41 Å². The average Bonchev–Trinajstić information content (AvgIpc) is 3.49. The highest BCUT2D eigenvalue weighted by Gasteiger charge is 2.44. The SMILES string of the molecule is CCN(CCCS(=O)(=O)O)c1ccc2c(c1)OC(/C=C/C=C1/N(CCOCCOCCOCCOCCOCCOCCO)c3ccc(S(=O)(=O)O)cc3C1(C)CCCS(=O)(=O)O)C=C2C(C)(C)C. The fourth-order valence-electron chi connectivity index (χ4n) is 8.10. The van der Waals surface area contributed by atoms with Gasteiger partial charge in [0.05, 0.1) is 102 Å². The number of rotatable bonds is 33. The molecule has 0 aliphatic carbocycles. The lowest BCUT2D eigenvalue weighted by molar-refractivity contribution is -0.0179. The van der Waals surface area contributed by atoms with Gasteiger partial charge in [-0.05, 0) is 98.2 Å². The lowest BCUT2D eigenvalue weighted by Crippen LogP contribution is -2.31. The zero-order valence-electron chi connectivity index (χ0n) is 40.4. The third-order valence-electron chi connectivity index (χ3n) is 11.4. The highest BCUT2D eigenvalue weighted by Crippen LogP contribution is 2.51. The van der Waals surface area contributed by atoms with Gasteiger partial charge in [-0.1, -0.05) is 26.8 Å². The van der Waals surface area contributed by atoms with Crippen LogP contribution in [0, 0.1) is 5.41 Å². The minimum Gasteiger partial charge on any atom is -0.482 e. The van der Waals surface area contributed by atoms with E-state index in [9.17, 15) is 38.9 Å². The summed E-state index contributed by atoms with van der Waals surface area (Å²) in [5.41, 5.74) is 3.37. The van der Waals surface area contributed by atoms with E-state index < -0.39 is 47.6 Å². The summed E-state index contributed by atoms with van der Waals surface area (Å²) < 4.78 is 140. The Hall–Kier alpha value is -3.49. The lowest BCUT2D eigenvalue weighted by Gasteiger charge is -2.33. The molecule has 0 fully saturated rings. The molecule has 2 aromatic rings. The quantitative estimate of drug-likeness (QED) is 0.0529. The smallest absolute Gasteiger partial charge is 0.294 e. The van der Waals surface area contributed by atoms with Crippen molar-refractivity contribution < 1.29 is 77.2 Å². The summed E-state index contributed by atoms with van der Waals surface area (Å²) >= 11 is 0. The molecule has 0 aromatic heterocycles. The Bertz CT molecular complexity index is 2370. The lowest BCUT2D eigenvalue weighted by atomic mass is 9.77. The van der Waals surface area contributed by atoms with Gasteiger partial charge in [-0.15, -0.1) is 0 Å². The number of anilines is 2. The van der Waals surface area contributed by atoms with Gasteiger partial charge in [-0.3, -0.25) is 13.7 Å². The molecule has 69 heavy (non-hydrogen) atoms. The van der Waals surface area contributed by atoms with Gasteiger partial charge in [0.25, 0.3) is 30.4 Å². The fraction of sp³-hybridized carbons (Fsp3) is 0.617. The molecule has 390 valence electrons. The molecular formula is C47H72N2O17S3. The van der Waals surface area contributed by atoms with E-state index in [0.717, 1.165) is 16.8 Å². The third kappa shape index (κ3) is 19.2. The minimum absolute atomic E-state index is 0.0234. The Balaban J connectivity index is 1.48. The number of hydrogen-bond donors (Lipinski definition) is 4. The van der Waals surface area contributed by atoms with Crippen molar-refractivity contribution in [3.05, 3.63) is 77.5 Å². The van der Waals surface area contributed by atoms with Crippen LogP contribution >= 0.6 is 0 Å². The summed E-state index contributed by atoms with van der Waals surface area (Å²) in [7, 11) is -13.0. The Morgan fingerprint density at radius 3 is 1.83 bits per heavy atom. The van der Waals surface area contributed by atoms with Crippen LogP contribution in [0.4, 0.5) is 11.4 Å². The molecular weight excluding hydrogens is 961 g/mol. The van der Waals surface area contributed by atoms with Gasteiger partial charge in [-0.25, -0.2) is 0 Å². The maximum atomic E-state index is 12.4. The van der Waals surface area contributed by atoms with Crippen LogP contribution < -0.4 is 14.5 Å². The first kappa shape index (κ1) is 58.1. The van der Waals surface area contributed by atoms with Crippen LogP contribution in [0.15, 0.2) is 71.3 Å². The van der Waals surface area contributed by atoms with Crippen molar-refractivity contribution in [2.45, 2.75) is 70.3 Å². The van der Waals surface area contributed by atoms with Crippen LogP contribution in [0.1, 0.15) is 65.0 Å². The number of hydrogen-bond acceptors (Lipinski definition) is 16. The number of nitrogens with zero attached hydrogens (tertiary/aromatic N) is 2. The second-order valence-corrected chi connectivity index (χ2v) is 22.2. The van der Waals surface area contributed by atoms with E-state index in [2.05, 4.69) is 20.8 Å². The Labute approximate surface area is 408 Å². The summed E-state index contributed by atoms with van der Waals surface area (Å²) in [4.78, 5) is 3.66.